The summed E-state index contributed by atoms with van der Waals surface area (Å²) in [6.07, 6.45) is 2.79. The molecule has 0 spiro atoms. The summed E-state index contributed by atoms with van der Waals surface area (Å²) in [6, 6.07) is 0.877. The summed E-state index contributed by atoms with van der Waals surface area (Å²) >= 11 is 0. The molecular weight excluding hydrogens is 186 g/mol. The van der Waals surface area contributed by atoms with Gasteiger partial charge in [0.05, 0.1) is 0 Å². The summed E-state index contributed by atoms with van der Waals surface area (Å²) in [5, 5.41) is 3.51. The van der Waals surface area contributed by atoms with Crippen LogP contribution in [-0.2, 0) is 0 Å². The van der Waals surface area contributed by atoms with Crippen molar-refractivity contribution < 1.29 is 0 Å². The lowest BCUT2D eigenvalue weighted by atomic mass is 9.96. The first kappa shape index (κ1) is 12.9. The number of nitrogens with two attached hydrogens (primary N) is 1. The third-order valence-electron chi connectivity index (χ3n) is 3.46. The summed E-state index contributed by atoms with van der Waals surface area (Å²) in [6.45, 7) is 8.61. The Kier molecular flexibility index (Phi) is 5.58. The van der Waals surface area contributed by atoms with Gasteiger partial charge in [-0.3, -0.25) is 0 Å². The maximum absolute atomic E-state index is 5.72. The highest BCUT2D eigenvalue weighted by Gasteiger charge is 2.25. The van der Waals surface area contributed by atoms with Crippen LogP contribution in [0.2, 0.25) is 0 Å². The van der Waals surface area contributed by atoms with E-state index < -0.39 is 0 Å². The molecular formula is C12H27N3. The van der Waals surface area contributed by atoms with E-state index in [-0.39, 0.29) is 0 Å². The number of likely N-dealkylation sites (N-methyl/N-ethyl adjacent to an activating group) is 1. The Hall–Kier alpha value is -0.120. The second-order valence-corrected chi connectivity index (χ2v) is 5.16. The van der Waals surface area contributed by atoms with Crippen LogP contribution < -0.4 is 11.1 Å². The van der Waals surface area contributed by atoms with Gasteiger partial charge in [0.1, 0.15) is 0 Å². The molecule has 0 radical (unpaired) electrons. The second-order valence-electron chi connectivity index (χ2n) is 5.16. The third kappa shape index (κ3) is 4.96. The summed E-state index contributed by atoms with van der Waals surface area (Å²) in [7, 11) is 2.22. The van der Waals surface area contributed by atoms with Gasteiger partial charge in [-0.2, -0.15) is 0 Å². The SMILES string of the molecule is CC(C)C(CN)CNCCN(C)C1CC1. The van der Waals surface area contributed by atoms with Gasteiger partial charge in [0.25, 0.3) is 0 Å². The first-order valence-corrected chi connectivity index (χ1v) is 6.26. The van der Waals surface area contributed by atoms with E-state index in [1.165, 1.54) is 19.4 Å². The molecule has 1 atom stereocenters. The summed E-state index contributed by atoms with van der Waals surface area (Å²) in [5.41, 5.74) is 5.72. The van der Waals surface area contributed by atoms with E-state index in [1.807, 2.05) is 0 Å². The normalized spacial score (nSPS) is 18.8. The highest BCUT2D eigenvalue weighted by Crippen LogP contribution is 2.24. The predicted octanol–water partition coefficient (Wildman–Crippen LogP) is 0.901. The predicted molar refractivity (Wildman–Crippen MR) is 65.9 cm³/mol. The smallest absolute Gasteiger partial charge is 0.0107 e. The molecule has 0 aromatic carbocycles. The van der Waals surface area contributed by atoms with E-state index in [2.05, 4.69) is 31.1 Å². The van der Waals surface area contributed by atoms with Crippen LogP contribution in [0.3, 0.4) is 0 Å². The van der Waals surface area contributed by atoms with E-state index in [1.54, 1.807) is 0 Å². The molecule has 0 bridgehead atoms. The van der Waals surface area contributed by atoms with E-state index in [9.17, 15) is 0 Å². The van der Waals surface area contributed by atoms with Crippen molar-refractivity contribution in [3.8, 4) is 0 Å². The highest BCUT2D eigenvalue weighted by molar-refractivity contribution is 4.82. The maximum Gasteiger partial charge on any atom is 0.0107 e. The number of hydrogen-bond acceptors (Lipinski definition) is 3. The van der Waals surface area contributed by atoms with Gasteiger partial charge in [-0.15, -0.1) is 0 Å². The number of rotatable bonds is 8. The molecule has 90 valence electrons. The Balaban J connectivity index is 1.99. The van der Waals surface area contributed by atoms with Crippen molar-refractivity contribution in [2.45, 2.75) is 32.7 Å². The van der Waals surface area contributed by atoms with Crippen LogP contribution in [0.25, 0.3) is 0 Å². The molecule has 0 aromatic rings. The molecule has 0 amide bonds. The Labute approximate surface area is 94.4 Å². The number of nitrogens with zero attached hydrogens (tertiary/aromatic N) is 1. The molecule has 3 nitrogen and oxygen atoms in total. The Bertz CT molecular complexity index is 166. The Morgan fingerprint density at radius 2 is 2.07 bits per heavy atom. The zero-order valence-corrected chi connectivity index (χ0v) is 10.5. The van der Waals surface area contributed by atoms with Crippen LogP contribution in [0.15, 0.2) is 0 Å². The molecule has 1 aliphatic rings. The van der Waals surface area contributed by atoms with Crippen molar-refractivity contribution in [2.24, 2.45) is 17.6 Å². The highest BCUT2D eigenvalue weighted by atomic mass is 15.2. The fourth-order valence-electron chi connectivity index (χ4n) is 1.83. The molecule has 1 rings (SSSR count). The molecule has 15 heavy (non-hydrogen) atoms. The van der Waals surface area contributed by atoms with Gasteiger partial charge in [0, 0.05) is 19.1 Å². The van der Waals surface area contributed by atoms with Gasteiger partial charge in [0.2, 0.25) is 0 Å². The van der Waals surface area contributed by atoms with Crippen LogP contribution >= 0.6 is 0 Å². The fourth-order valence-corrected chi connectivity index (χ4v) is 1.83. The summed E-state index contributed by atoms with van der Waals surface area (Å²) in [4.78, 5) is 2.46. The number of nitrogens with one attached hydrogen (secondary N) is 1. The molecule has 3 N–H and O–H groups in total. The average Bonchev–Trinajstić information content (AvgIpc) is 3.00. The first-order chi connectivity index (χ1) is 7.15. The van der Waals surface area contributed by atoms with Gasteiger partial charge < -0.3 is 16.0 Å². The van der Waals surface area contributed by atoms with E-state index in [4.69, 9.17) is 5.73 Å². The molecule has 0 heterocycles. The van der Waals surface area contributed by atoms with E-state index in [0.29, 0.717) is 11.8 Å². The van der Waals surface area contributed by atoms with Gasteiger partial charge in [-0.25, -0.2) is 0 Å². The number of hydrogen-bond donors (Lipinski definition) is 2. The minimum absolute atomic E-state index is 0.622. The van der Waals surface area contributed by atoms with Crippen LogP contribution in [0.1, 0.15) is 26.7 Å². The van der Waals surface area contributed by atoms with Crippen molar-refractivity contribution in [1.82, 2.24) is 10.2 Å². The van der Waals surface area contributed by atoms with Crippen molar-refractivity contribution in [3.63, 3.8) is 0 Å². The zero-order valence-electron chi connectivity index (χ0n) is 10.5. The monoisotopic (exact) mass is 213 g/mol. The largest absolute Gasteiger partial charge is 0.330 e. The van der Waals surface area contributed by atoms with Crippen LogP contribution in [0, 0.1) is 11.8 Å². The van der Waals surface area contributed by atoms with Crippen LogP contribution in [0.5, 0.6) is 0 Å². The van der Waals surface area contributed by atoms with Crippen molar-refractivity contribution >= 4 is 0 Å². The standard InChI is InChI=1S/C12H27N3/c1-10(2)11(8-13)9-14-6-7-15(3)12-4-5-12/h10-12,14H,4-9,13H2,1-3H3. The molecule has 0 aromatic heterocycles. The molecule has 1 fully saturated rings. The van der Waals surface area contributed by atoms with Crippen LogP contribution in [-0.4, -0.2) is 44.2 Å². The Morgan fingerprint density at radius 3 is 2.53 bits per heavy atom. The van der Waals surface area contributed by atoms with Crippen molar-refractivity contribution in [3.05, 3.63) is 0 Å². The zero-order chi connectivity index (χ0) is 11.3. The van der Waals surface area contributed by atoms with Gasteiger partial charge in [-0.05, 0) is 44.8 Å². The molecule has 0 aliphatic heterocycles. The van der Waals surface area contributed by atoms with E-state index >= 15 is 0 Å². The van der Waals surface area contributed by atoms with Crippen molar-refractivity contribution in [2.75, 3.05) is 33.2 Å². The lowest BCUT2D eigenvalue weighted by Gasteiger charge is -2.21. The van der Waals surface area contributed by atoms with E-state index in [0.717, 1.165) is 25.7 Å². The fraction of sp³-hybridized carbons (Fsp3) is 1.00. The summed E-state index contributed by atoms with van der Waals surface area (Å²) < 4.78 is 0. The minimum Gasteiger partial charge on any atom is -0.330 e. The topological polar surface area (TPSA) is 41.3 Å². The van der Waals surface area contributed by atoms with Gasteiger partial charge in [-0.1, -0.05) is 13.8 Å². The lowest BCUT2D eigenvalue weighted by molar-refractivity contribution is 0.308. The first-order valence-electron chi connectivity index (χ1n) is 6.26. The molecule has 1 unspecified atom stereocenters. The Morgan fingerprint density at radius 1 is 1.40 bits per heavy atom. The second kappa shape index (κ2) is 6.46. The lowest BCUT2D eigenvalue weighted by Crippen LogP contribution is -2.36. The molecule has 3 heteroatoms. The molecule has 1 aliphatic carbocycles. The van der Waals surface area contributed by atoms with Gasteiger partial charge in [0.15, 0.2) is 0 Å². The van der Waals surface area contributed by atoms with Gasteiger partial charge >= 0.3 is 0 Å². The molecule has 1 saturated carbocycles. The third-order valence-corrected chi connectivity index (χ3v) is 3.46. The maximum atomic E-state index is 5.72. The minimum atomic E-state index is 0.622. The molecule has 0 saturated heterocycles. The van der Waals surface area contributed by atoms with Crippen LogP contribution in [0.4, 0.5) is 0 Å². The summed E-state index contributed by atoms with van der Waals surface area (Å²) in [5.74, 6) is 1.31. The quantitative estimate of drug-likeness (QED) is 0.589. The average molecular weight is 213 g/mol. The van der Waals surface area contributed by atoms with Crippen molar-refractivity contribution in [1.29, 1.82) is 0 Å².